The predicted octanol–water partition coefficient (Wildman–Crippen LogP) is 7.41. The molecule has 0 unspecified atom stereocenters. The molecule has 0 atom stereocenters. The van der Waals surface area contributed by atoms with Crippen molar-refractivity contribution in [1.82, 2.24) is 5.32 Å². The van der Waals surface area contributed by atoms with Gasteiger partial charge in [-0.25, -0.2) is 0 Å². The monoisotopic (exact) mass is 385 g/mol. The van der Waals surface area contributed by atoms with E-state index in [0.717, 1.165) is 19.3 Å². The third-order valence-corrected chi connectivity index (χ3v) is 6.21. The van der Waals surface area contributed by atoms with Crippen LogP contribution < -0.4 is 5.32 Å². The highest BCUT2D eigenvalue weighted by Gasteiger charge is 2.65. The predicted molar refractivity (Wildman–Crippen MR) is 121 cm³/mol. The van der Waals surface area contributed by atoms with Gasteiger partial charge in [0, 0.05) is 12.0 Å². The van der Waals surface area contributed by atoms with E-state index in [0.29, 0.717) is 11.8 Å². The van der Waals surface area contributed by atoms with E-state index in [1.165, 1.54) is 70.6 Å². The summed E-state index contributed by atoms with van der Waals surface area (Å²) in [6.45, 7) is 4.58. The molecule has 0 aromatic heterocycles. The van der Waals surface area contributed by atoms with Gasteiger partial charge in [-0.3, -0.25) is 4.79 Å². The fourth-order valence-electron chi connectivity index (χ4n) is 4.95. The average molecular weight is 386 g/mol. The second kappa shape index (κ2) is 12.3. The SMILES string of the molecule is CCCCC/C=C\C/C=C\CCCC/C=C\CCCC(=O)NC12CC(C)(C1)C2. The van der Waals surface area contributed by atoms with Crippen molar-refractivity contribution in [3.8, 4) is 0 Å². The fraction of sp³-hybridized carbons (Fsp3) is 0.731. The Kier molecular flexibility index (Phi) is 10.1. The standard InChI is InChI=1S/C26H43NO/c1-3-4-5-6-7-8-9-10-11-12-13-14-15-16-17-18-19-20-24(28)27-26-21-25(2,22-26)23-26/h7-8,10-11,16-17H,3-6,9,12-15,18-23H2,1-2H3,(H,27,28)/b8-7-,11-10-,17-16-. The van der Waals surface area contributed by atoms with Gasteiger partial charge in [0.25, 0.3) is 0 Å². The van der Waals surface area contributed by atoms with Crippen LogP contribution in [-0.2, 0) is 4.79 Å². The Morgan fingerprint density at radius 2 is 1.29 bits per heavy atom. The van der Waals surface area contributed by atoms with Gasteiger partial charge in [-0.2, -0.15) is 0 Å². The molecule has 3 aliphatic carbocycles. The lowest BCUT2D eigenvalue weighted by atomic mass is 9.40. The van der Waals surface area contributed by atoms with Crippen LogP contribution >= 0.6 is 0 Å². The molecule has 2 bridgehead atoms. The third kappa shape index (κ3) is 8.37. The van der Waals surface area contributed by atoms with Gasteiger partial charge in [0.1, 0.15) is 0 Å². The van der Waals surface area contributed by atoms with Crippen LogP contribution in [0.4, 0.5) is 0 Å². The Hall–Kier alpha value is -1.31. The topological polar surface area (TPSA) is 29.1 Å². The molecule has 3 saturated carbocycles. The Balaban J connectivity index is 1.33. The first-order chi connectivity index (χ1) is 13.6. The smallest absolute Gasteiger partial charge is 0.220 e. The number of carbonyl (C=O) groups is 1. The molecule has 0 heterocycles. The van der Waals surface area contributed by atoms with Crippen LogP contribution in [0.2, 0.25) is 0 Å². The Labute approximate surface area is 173 Å². The van der Waals surface area contributed by atoms with E-state index in [9.17, 15) is 4.79 Å². The van der Waals surface area contributed by atoms with Crippen molar-refractivity contribution in [1.29, 1.82) is 0 Å². The maximum atomic E-state index is 12.0. The normalized spacial score (nSPS) is 26.1. The molecule has 0 aromatic rings. The number of rotatable bonds is 16. The highest BCUT2D eigenvalue weighted by molar-refractivity contribution is 5.77. The van der Waals surface area contributed by atoms with Gasteiger partial charge in [-0.15, -0.1) is 0 Å². The highest BCUT2D eigenvalue weighted by Crippen LogP contribution is 2.66. The molecule has 0 aromatic carbocycles. The van der Waals surface area contributed by atoms with Crippen molar-refractivity contribution >= 4 is 5.91 Å². The van der Waals surface area contributed by atoms with Gasteiger partial charge in [0.05, 0.1) is 0 Å². The van der Waals surface area contributed by atoms with Gasteiger partial charge < -0.3 is 5.32 Å². The molecule has 2 nitrogen and oxygen atoms in total. The summed E-state index contributed by atoms with van der Waals surface area (Å²) in [6.07, 6.45) is 31.3. The molecule has 0 spiro atoms. The fourth-order valence-corrected chi connectivity index (χ4v) is 4.95. The van der Waals surface area contributed by atoms with Crippen LogP contribution in [0.25, 0.3) is 0 Å². The first kappa shape index (κ1) is 23.0. The summed E-state index contributed by atoms with van der Waals surface area (Å²) in [5, 5.41) is 3.26. The van der Waals surface area contributed by atoms with Crippen molar-refractivity contribution < 1.29 is 4.79 Å². The van der Waals surface area contributed by atoms with Crippen molar-refractivity contribution in [3.05, 3.63) is 36.5 Å². The molecule has 158 valence electrons. The summed E-state index contributed by atoms with van der Waals surface area (Å²) < 4.78 is 0. The van der Waals surface area contributed by atoms with E-state index < -0.39 is 0 Å². The Morgan fingerprint density at radius 3 is 1.82 bits per heavy atom. The van der Waals surface area contributed by atoms with Gasteiger partial charge in [-0.1, -0.05) is 63.1 Å². The Morgan fingerprint density at radius 1 is 0.786 bits per heavy atom. The van der Waals surface area contributed by atoms with Gasteiger partial charge >= 0.3 is 0 Å². The number of carbonyl (C=O) groups excluding carboxylic acids is 1. The molecule has 28 heavy (non-hydrogen) atoms. The summed E-state index contributed by atoms with van der Waals surface area (Å²) in [4.78, 5) is 12.0. The molecule has 0 aliphatic heterocycles. The molecular formula is C26H43NO. The second-order valence-corrected chi connectivity index (χ2v) is 9.49. The lowest BCUT2D eigenvalue weighted by molar-refractivity contribution is -0.156. The van der Waals surface area contributed by atoms with Crippen molar-refractivity contribution in [2.45, 2.75) is 116 Å². The van der Waals surface area contributed by atoms with E-state index in [-0.39, 0.29) is 11.4 Å². The summed E-state index contributed by atoms with van der Waals surface area (Å²) in [5.41, 5.74) is 0.776. The average Bonchev–Trinajstić information content (AvgIpc) is 2.62. The highest BCUT2D eigenvalue weighted by atomic mass is 16.1. The molecule has 3 fully saturated rings. The maximum Gasteiger partial charge on any atom is 0.220 e. The molecular weight excluding hydrogens is 342 g/mol. The van der Waals surface area contributed by atoms with Crippen LogP contribution in [-0.4, -0.2) is 11.4 Å². The van der Waals surface area contributed by atoms with E-state index in [1.54, 1.807) is 0 Å². The van der Waals surface area contributed by atoms with Crippen LogP contribution in [0.15, 0.2) is 36.5 Å². The molecule has 3 rings (SSSR count). The number of unbranched alkanes of at least 4 members (excludes halogenated alkanes) is 7. The minimum absolute atomic E-state index is 0.209. The lowest BCUT2D eigenvalue weighted by Crippen LogP contribution is -2.73. The number of allylic oxidation sites excluding steroid dienone is 6. The van der Waals surface area contributed by atoms with Crippen LogP contribution in [0.1, 0.15) is 110 Å². The third-order valence-electron chi connectivity index (χ3n) is 6.21. The van der Waals surface area contributed by atoms with Gasteiger partial charge in [0.2, 0.25) is 5.91 Å². The molecule has 2 heteroatoms. The molecule has 1 N–H and O–H groups in total. The van der Waals surface area contributed by atoms with Crippen molar-refractivity contribution in [2.75, 3.05) is 0 Å². The van der Waals surface area contributed by atoms with E-state index in [2.05, 4.69) is 55.6 Å². The van der Waals surface area contributed by atoms with Crippen molar-refractivity contribution in [2.24, 2.45) is 5.41 Å². The maximum absolute atomic E-state index is 12.0. The number of nitrogens with one attached hydrogen (secondary N) is 1. The molecule has 0 saturated heterocycles. The zero-order valence-corrected chi connectivity index (χ0v) is 18.5. The first-order valence-electron chi connectivity index (χ1n) is 11.8. The summed E-state index contributed by atoms with van der Waals surface area (Å²) >= 11 is 0. The van der Waals surface area contributed by atoms with E-state index in [1.807, 2.05) is 0 Å². The van der Waals surface area contributed by atoms with Crippen LogP contribution in [0.5, 0.6) is 0 Å². The van der Waals surface area contributed by atoms with Crippen LogP contribution in [0, 0.1) is 5.41 Å². The molecule has 0 radical (unpaired) electrons. The summed E-state index contributed by atoms with van der Waals surface area (Å²) in [5.74, 6) is 0.262. The van der Waals surface area contributed by atoms with E-state index >= 15 is 0 Å². The zero-order chi connectivity index (χ0) is 20.1. The van der Waals surface area contributed by atoms with Crippen LogP contribution in [0.3, 0.4) is 0 Å². The largest absolute Gasteiger partial charge is 0.351 e. The number of hydrogen-bond acceptors (Lipinski definition) is 1. The Bertz CT molecular complexity index is 523. The first-order valence-corrected chi connectivity index (χ1v) is 11.8. The molecule has 1 amide bonds. The van der Waals surface area contributed by atoms with Crippen molar-refractivity contribution in [3.63, 3.8) is 0 Å². The summed E-state index contributed by atoms with van der Waals surface area (Å²) in [6, 6.07) is 0. The van der Waals surface area contributed by atoms with E-state index in [4.69, 9.17) is 0 Å². The lowest BCUT2D eigenvalue weighted by Gasteiger charge is -2.69. The molecule has 3 aliphatic rings. The summed E-state index contributed by atoms with van der Waals surface area (Å²) in [7, 11) is 0. The number of amides is 1. The zero-order valence-electron chi connectivity index (χ0n) is 18.5. The minimum atomic E-state index is 0.209. The second-order valence-electron chi connectivity index (χ2n) is 9.49. The number of hydrogen-bond donors (Lipinski definition) is 1. The van der Waals surface area contributed by atoms with Gasteiger partial charge in [-0.05, 0) is 82.5 Å². The minimum Gasteiger partial charge on any atom is -0.351 e. The quantitative estimate of drug-likeness (QED) is 0.217. The van der Waals surface area contributed by atoms with Gasteiger partial charge in [0.15, 0.2) is 0 Å².